The van der Waals surface area contributed by atoms with Crippen molar-refractivity contribution in [2.75, 3.05) is 13.2 Å². The number of aliphatic hydroxyl groups excluding tert-OH is 1. The van der Waals surface area contributed by atoms with E-state index in [9.17, 15) is 15.2 Å². The summed E-state index contributed by atoms with van der Waals surface area (Å²) < 4.78 is 5.72. The third kappa shape index (κ3) is 5.24. The fourth-order valence-electron chi connectivity index (χ4n) is 1.44. The number of nitrogens with one attached hydrogen (secondary N) is 1. The molecule has 20 heavy (non-hydrogen) atoms. The van der Waals surface area contributed by atoms with Gasteiger partial charge in [0.25, 0.3) is 0 Å². The molecule has 1 aromatic rings. The van der Waals surface area contributed by atoms with E-state index in [1.807, 2.05) is 13.8 Å². The van der Waals surface area contributed by atoms with E-state index in [0.29, 0.717) is 11.0 Å². The van der Waals surface area contributed by atoms with Gasteiger partial charge in [0.05, 0.1) is 9.40 Å². The quantitative estimate of drug-likeness (QED) is 0.572. The van der Waals surface area contributed by atoms with Gasteiger partial charge in [-0.1, -0.05) is 25.4 Å². The normalized spacial score (nSPS) is 12.5. The van der Waals surface area contributed by atoms with E-state index in [0.717, 1.165) is 0 Å². The summed E-state index contributed by atoms with van der Waals surface area (Å²) in [6, 6.07) is 2.95. The fraction of sp³-hybridized carbons (Fsp3) is 0.500. The Morgan fingerprint density at radius 1 is 1.55 bits per heavy atom. The zero-order valence-electron chi connectivity index (χ0n) is 11.1. The lowest BCUT2D eigenvalue weighted by atomic mass is 10.3. The second kappa shape index (κ2) is 7.78. The fourth-order valence-corrected chi connectivity index (χ4v) is 2.34. The third-order valence-corrected chi connectivity index (χ3v) is 3.17. The Morgan fingerprint density at radius 2 is 2.20 bits per heavy atom. The van der Waals surface area contributed by atoms with Crippen molar-refractivity contribution in [1.29, 1.82) is 0 Å². The average Bonchev–Trinajstić information content (AvgIpc) is 2.34. The molecule has 0 aliphatic carbocycles. The summed E-state index contributed by atoms with van der Waals surface area (Å²) in [5.74, 6) is 0.0583. The first-order valence-electron chi connectivity index (χ1n) is 5.99. The first kappa shape index (κ1) is 17.2. The molecule has 0 amide bonds. The maximum atomic E-state index is 11.0. The van der Waals surface area contributed by atoms with E-state index in [4.69, 9.17) is 16.3 Å². The van der Waals surface area contributed by atoms with Crippen molar-refractivity contribution in [1.82, 2.24) is 5.32 Å². The van der Waals surface area contributed by atoms with Crippen molar-refractivity contribution < 1.29 is 14.8 Å². The van der Waals surface area contributed by atoms with Gasteiger partial charge in [-0.05, 0) is 22.0 Å². The van der Waals surface area contributed by atoms with Crippen LogP contribution in [0.1, 0.15) is 13.8 Å². The predicted molar refractivity (Wildman–Crippen MR) is 80.4 cm³/mol. The minimum atomic E-state index is -0.764. The standard InChI is InChI=1S/C12H16BrClN2O4/c1-7(2)15-5-9(17)6-20-12-10(13)3-8(14)4-11(12)16(18)19/h3-4,7,9,15,17H,5-6H2,1-2H3. The Balaban J connectivity index is 2.74. The van der Waals surface area contributed by atoms with Crippen LogP contribution in [-0.4, -0.2) is 35.3 Å². The monoisotopic (exact) mass is 366 g/mol. The zero-order valence-corrected chi connectivity index (χ0v) is 13.4. The molecule has 112 valence electrons. The number of ether oxygens (including phenoxy) is 1. The number of hydrogen-bond acceptors (Lipinski definition) is 5. The molecular formula is C12H16BrClN2O4. The summed E-state index contributed by atoms with van der Waals surface area (Å²) in [5.41, 5.74) is -0.242. The van der Waals surface area contributed by atoms with Crippen LogP contribution in [0.25, 0.3) is 0 Å². The topological polar surface area (TPSA) is 84.6 Å². The minimum Gasteiger partial charge on any atom is -0.483 e. The summed E-state index contributed by atoms with van der Waals surface area (Å²) in [6.45, 7) is 4.19. The number of rotatable bonds is 7. The van der Waals surface area contributed by atoms with E-state index in [-0.39, 0.29) is 29.1 Å². The first-order chi connectivity index (χ1) is 9.31. The summed E-state index contributed by atoms with van der Waals surface area (Å²) >= 11 is 8.93. The molecule has 1 atom stereocenters. The van der Waals surface area contributed by atoms with E-state index in [1.54, 1.807) is 0 Å². The molecule has 0 saturated carbocycles. The highest BCUT2D eigenvalue weighted by Crippen LogP contribution is 2.37. The smallest absolute Gasteiger partial charge is 0.313 e. The second-order valence-corrected chi connectivity index (χ2v) is 5.81. The van der Waals surface area contributed by atoms with Gasteiger partial charge in [0, 0.05) is 23.7 Å². The van der Waals surface area contributed by atoms with Crippen molar-refractivity contribution >= 4 is 33.2 Å². The highest BCUT2D eigenvalue weighted by atomic mass is 79.9. The molecular weight excluding hydrogens is 351 g/mol. The molecule has 0 aliphatic rings. The van der Waals surface area contributed by atoms with Crippen LogP contribution >= 0.6 is 27.5 Å². The molecule has 6 nitrogen and oxygen atoms in total. The molecule has 0 saturated heterocycles. The van der Waals surface area contributed by atoms with Gasteiger partial charge >= 0.3 is 5.69 Å². The van der Waals surface area contributed by atoms with Gasteiger partial charge in [0.2, 0.25) is 5.75 Å². The van der Waals surface area contributed by atoms with Crippen LogP contribution in [0.5, 0.6) is 5.75 Å². The minimum absolute atomic E-state index is 0.0548. The summed E-state index contributed by atoms with van der Waals surface area (Å²) in [4.78, 5) is 10.4. The van der Waals surface area contributed by atoms with E-state index >= 15 is 0 Å². The van der Waals surface area contributed by atoms with Crippen LogP contribution in [0, 0.1) is 10.1 Å². The number of halogens is 2. The third-order valence-electron chi connectivity index (χ3n) is 2.37. The number of nitro groups is 1. The van der Waals surface area contributed by atoms with Crippen molar-refractivity contribution in [2.45, 2.75) is 26.0 Å². The largest absolute Gasteiger partial charge is 0.483 e. The molecule has 0 heterocycles. The number of aliphatic hydroxyl groups is 1. The van der Waals surface area contributed by atoms with Crippen LogP contribution < -0.4 is 10.1 Å². The Kier molecular flexibility index (Phi) is 6.67. The van der Waals surface area contributed by atoms with Crippen LogP contribution in [0.4, 0.5) is 5.69 Å². The summed E-state index contributed by atoms with van der Waals surface area (Å²) in [5, 5.41) is 24.0. The lowest BCUT2D eigenvalue weighted by Crippen LogP contribution is -2.35. The van der Waals surface area contributed by atoms with E-state index in [1.165, 1.54) is 12.1 Å². The lowest BCUT2D eigenvalue weighted by Gasteiger charge is -2.15. The SMILES string of the molecule is CC(C)NCC(O)COc1c(Br)cc(Cl)cc1[N+](=O)[O-]. The molecule has 0 radical (unpaired) electrons. The Labute approximate surface area is 130 Å². The molecule has 2 N–H and O–H groups in total. The molecule has 1 unspecified atom stereocenters. The molecule has 0 spiro atoms. The highest BCUT2D eigenvalue weighted by molar-refractivity contribution is 9.10. The van der Waals surface area contributed by atoms with Crippen molar-refractivity contribution in [2.24, 2.45) is 0 Å². The molecule has 0 bridgehead atoms. The van der Waals surface area contributed by atoms with Crippen LogP contribution in [0.15, 0.2) is 16.6 Å². The number of nitro benzene ring substituents is 1. The maximum Gasteiger partial charge on any atom is 0.313 e. The number of hydrogen-bond donors (Lipinski definition) is 2. The van der Waals surface area contributed by atoms with Crippen molar-refractivity contribution in [3.63, 3.8) is 0 Å². The molecule has 1 aromatic carbocycles. The van der Waals surface area contributed by atoms with Crippen molar-refractivity contribution in [3.8, 4) is 5.75 Å². The molecule has 8 heteroatoms. The average molecular weight is 368 g/mol. The lowest BCUT2D eigenvalue weighted by molar-refractivity contribution is -0.386. The Bertz CT molecular complexity index is 485. The van der Waals surface area contributed by atoms with Crippen LogP contribution in [-0.2, 0) is 0 Å². The number of benzene rings is 1. The van der Waals surface area contributed by atoms with Gasteiger partial charge in [0.1, 0.15) is 12.7 Å². The second-order valence-electron chi connectivity index (χ2n) is 4.52. The summed E-state index contributed by atoms with van der Waals surface area (Å²) in [6.07, 6.45) is -0.764. The van der Waals surface area contributed by atoms with Gasteiger partial charge in [-0.2, -0.15) is 0 Å². The van der Waals surface area contributed by atoms with Crippen LogP contribution in [0.2, 0.25) is 5.02 Å². The molecule has 0 aromatic heterocycles. The maximum absolute atomic E-state index is 11.0. The first-order valence-corrected chi connectivity index (χ1v) is 7.16. The zero-order chi connectivity index (χ0) is 15.3. The molecule has 0 fully saturated rings. The van der Waals surface area contributed by atoms with Gasteiger partial charge in [-0.15, -0.1) is 0 Å². The Hall–Kier alpha value is -0.890. The van der Waals surface area contributed by atoms with E-state index in [2.05, 4.69) is 21.2 Å². The van der Waals surface area contributed by atoms with Gasteiger partial charge in [-0.3, -0.25) is 10.1 Å². The molecule has 1 rings (SSSR count). The van der Waals surface area contributed by atoms with Crippen molar-refractivity contribution in [3.05, 3.63) is 31.7 Å². The number of nitrogens with zero attached hydrogens (tertiary/aromatic N) is 1. The van der Waals surface area contributed by atoms with E-state index < -0.39 is 11.0 Å². The van der Waals surface area contributed by atoms with Crippen LogP contribution in [0.3, 0.4) is 0 Å². The highest BCUT2D eigenvalue weighted by Gasteiger charge is 2.21. The van der Waals surface area contributed by atoms with Gasteiger partial charge in [-0.25, -0.2) is 0 Å². The summed E-state index contributed by atoms with van der Waals surface area (Å²) in [7, 11) is 0. The van der Waals surface area contributed by atoms with Gasteiger partial charge in [0.15, 0.2) is 0 Å². The van der Waals surface area contributed by atoms with Gasteiger partial charge < -0.3 is 15.2 Å². The molecule has 0 aliphatic heterocycles. The predicted octanol–water partition coefficient (Wildman–Crippen LogP) is 2.75. The Morgan fingerprint density at radius 3 is 2.75 bits per heavy atom.